The first-order valence-electron chi connectivity index (χ1n) is 6.52. The molecule has 0 aliphatic heterocycles. The summed E-state index contributed by atoms with van der Waals surface area (Å²) in [7, 11) is 1.12. The predicted octanol–water partition coefficient (Wildman–Crippen LogP) is -0.533. The third-order valence-corrected chi connectivity index (χ3v) is 3.11. The van der Waals surface area contributed by atoms with Crippen molar-refractivity contribution in [2.75, 3.05) is 26.0 Å². The second-order valence-corrected chi connectivity index (χ2v) is 4.90. The van der Waals surface area contributed by atoms with E-state index in [0.29, 0.717) is 0 Å². The number of hydrogen-bond donors (Lipinski definition) is 4. The highest BCUT2D eigenvalue weighted by molar-refractivity contribution is 6.33. The molecule has 0 bridgehead atoms. The summed E-state index contributed by atoms with van der Waals surface area (Å²) in [5, 5.41) is 31.2. The van der Waals surface area contributed by atoms with Gasteiger partial charge in [0.2, 0.25) is 5.82 Å². The molecule has 24 heavy (non-hydrogen) atoms. The Morgan fingerprint density at radius 3 is 2.67 bits per heavy atom. The topological polar surface area (TPSA) is 174 Å². The number of esters is 1. The maximum absolute atomic E-state index is 12.0. The van der Waals surface area contributed by atoms with Crippen LogP contribution in [0.3, 0.4) is 0 Å². The average molecular weight is 362 g/mol. The van der Waals surface area contributed by atoms with Gasteiger partial charge in [0, 0.05) is 12.2 Å². The number of nitrogen functional groups attached to an aromatic ring is 1. The average Bonchev–Trinajstić information content (AvgIpc) is 2.54. The highest BCUT2D eigenvalue weighted by atomic mass is 35.5. The van der Waals surface area contributed by atoms with Crippen LogP contribution in [0.1, 0.15) is 12.6 Å². The van der Waals surface area contributed by atoms with E-state index in [2.05, 4.69) is 20.0 Å². The number of rotatable bonds is 7. The molecule has 1 rings (SSSR count). The maximum atomic E-state index is 12.0. The summed E-state index contributed by atoms with van der Waals surface area (Å²) in [6.45, 7) is 0.904. The number of methoxy groups -OCH3 is 1. The molecule has 132 valence electrons. The van der Waals surface area contributed by atoms with Crippen LogP contribution in [0, 0.1) is 10.1 Å². The van der Waals surface area contributed by atoms with Crippen LogP contribution < -0.4 is 11.1 Å². The highest BCUT2D eigenvalue weighted by Crippen LogP contribution is 2.28. The lowest BCUT2D eigenvalue weighted by Gasteiger charge is -2.14. The molecule has 0 aliphatic rings. The zero-order valence-electron chi connectivity index (χ0n) is 12.8. The number of nitrogens with zero attached hydrogens (tertiary/aromatic N) is 3. The third-order valence-electron chi connectivity index (χ3n) is 2.85. The lowest BCUT2D eigenvalue weighted by molar-refractivity contribution is -0.388. The van der Waals surface area contributed by atoms with E-state index in [1.54, 1.807) is 0 Å². The smallest absolute Gasteiger partial charge is 0.407 e. The number of carbonyl (C=O) groups excluding carboxylic acids is 1. The number of nitrogens with one attached hydrogen (secondary N) is 1. The molecule has 0 amide bonds. The predicted molar refractivity (Wildman–Crippen MR) is 83.8 cm³/mol. The van der Waals surface area contributed by atoms with Gasteiger partial charge in [-0.15, -0.1) is 0 Å². The number of aliphatic hydroxyl groups excluding tert-OH is 2. The Morgan fingerprint density at radius 2 is 2.17 bits per heavy atom. The molecule has 1 aromatic rings. The van der Waals surface area contributed by atoms with E-state index in [-0.39, 0.29) is 23.5 Å². The van der Waals surface area contributed by atoms with Gasteiger partial charge in [-0.25, -0.2) is 9.78 Å². The number of halogens is 1. The van der Waals surface area contributed by atoms with Gasteiger partial charge >= 0.3 is 11.8 Å². The van der Waals surface area contributed by atoms with Crippen molar-refractivity contribution >= 4 is 34.8 Å². The van der Waals surface area contributed by atoms with Crippen molar-refractivity contribution in [3.63, 3.8) is 0 Å². The van der Waals surface area contributed by atoms with Crippen LogP contribution in [0.2, 0.25) is 5.15 Å². The summed E-state index contributed by atoms with van der Waals surface area (Å²) >= 11 is 5.88. The Kier molecular flexibility index (Phi) is 6.82. The van der Waals surface area contributed by atoms with Crippen LogP contribution in [-0.4, -0.2) is 57.4 Å². The van der Waals surface area contributed by atoms with E-state index in [9.17, 15) is 20.0 Å². The van der Waals surface area contributed by atoms with Crippen molar-refractivity contribution in [2.45, 2.75) is 13.0 Å². The van der Waals surface area contributed by atoms with Crippen molar-refractivity contribution in [3.8, 4) is 0 Å². The number of carbonyl (C=O) groups is 1. The molecule has 0 spiro atoms. The van der Waals surface area contributed by atoms with Gasteiger partial charge in [0.25, 0.3) is 5.15 Å². The molecule has 0 aromatic carbocycles. The van der Waals surface area contributed by atoms with Gasteiger partial charge in [-0.2, -0.15) is 0 Å². The Labute approximate surface area is 141 Å². The first-order valence-corrected chi connectivity index (χ1v) is 6.90. The number of aliphatic hydroxyl groups is 2. The Morgan fingerprint density at radius 1 is 1.54 bits per heavy atom. The lowest BCUT2D eigenvalue weighted by atomic mass is 10.1. The normalized spacial score (nSPS) is 13.0. The summed E-state index contributed by atoms with van der Waals surface area (Å²) in [6, 6.07) is 0. The summed E-state index contributed by atoms with van der Waals surface area (Å²) in [5.74, 6) is -2.11. The number of nitrogens with two attached hydrogens (primary N) is 1. The molecule has 1 atom stereocenters. The maximum Gasteiger partial charge on any atom is 0.407 e. The molecule has 0 aliphatic carbocycles. The van der Waals surface area contributed by atoms with Crippen molar-refractivity contribution < 1.29 is 24.7 Å². The zero-order valence-corrected chi connectivity index (χ0v) is 13.6. The fourth-order valence-corrected chi connectivity index (χ4v) is 1.88. The number of hydrogen-bond acceptors (Lipinski definition) is 10. The second-order valence-electron chi connectivity index (χ2n) is 4.54. The molecular formula is C12H16ClN5O6. The summed E-state index contributed by atoms with van der Waals surface area (Å²) in [5.41, 5.74) is 5.29. The number of nitro groups is 1. The molecular weight excluding hydrogens is 346 g/mol. The van der Waals surface area contributed by atoms with Crippen LogP contribution in [0.4, 0.5) is 11.6 Å². The van der Waals surface area contributed by atoms with Crippen molar-refractivity contribution in [1.29, 1.82) is 0 Å². The Balaban J connectivity index is 3.39. The minimum absolute atomic E-state index is 0.0731. The van der Waals surface area contributed by atoms with Crippen LogP contribution in [0.25, 0.3) is 5.57 Å². The Hall–Kier alpha value is -2.50. The summed E-state index contributed by atoms with van der Waals surface area (Å²) < 4.78 is 4.64. The summed E-state index contributed by atoms with van der Waals surface area (Å²) in [4.78, 5) is 29.2. The zero-order chi connectivity index (χ0) is 18.4. The minimum atomic E-state index is -1.07. The van der Waals surface area contributed by atoms with Crippen LogP contribution >= 0.6 is 11.6 Å². The van der Waals surface area contributed by atoms with E-state index in [4.69, 9.17) is 22.4 Å². The van der Waals surface area contributed by atoms with Crippen LogP contribution in [0.5, 0.6) is 0 Å². The largest absolute Gasteiger partial charge is 0.465 e. The van der Waals surface area contributed by atoms with Gasteiger partial charge in [-0.1, -0.05) is 0 Å². The van der Waals surface area contributed by atoms with Crippen LogP contribution in [0.15, 0.2) is 5.70 Å². The van der Waals surface area contributed by atoms with E-state index in [0.717, 1.165) is 7.11 Å². The van der Waals surface area contributed by atoms with E-state index in [1.165, 1.54) is 6.92 Å². The van der Waals surface area contributed by atoms with Gasteiger partial charge < -0.3 is 36.1 Å². The van der Waals surface area contributed by atoms with Gasteiger partial charge in [-0.3, -0.25) is 0 Å². The van der Waals surface area contributed by atoms with Gasteiger partial charge in [0.1, 0.15) is 11.3 Å². The number of aromatic nitrogens is 2. The molecule has 1 aromatic heterocycles. The monoisotopic (exact) mass is 361 g/mol. The van der Waals surface area contributed by atoms with Gasteiger partial charge in [0.05, 0.1) is 19.8 Å². The first kappa shape index (κ1) is 19.5. The second kappa shape index (κ2) is 8.38. The highest BCUT2D eigenvalue weighted by Gasteiger charge is 2.28. The standard InChI is InChI=1S/C12H16ClN5O6/c1-5(15-3-6(20)4-19)7(12(21)24-2)8-9(13)17-11(18(22)23)10(14)16-8/h6,15,19-20H,3-4H2,1-2H3,(H2,14,16). The van der Waals surface area contributed by atoms with Gasteiger partial charge in [0.15, 0.2) is 0 Å². The lowest BCUT2D eigenvalue weighted by Crippen LogP contribution is -2.29. The quantitative estimate of drug-likeness (QED) is 0.214. The molecule has 11 nitrogen and oxygen atoms in total. The van der Waals surface area contributed by atoms with Crippen molar-refractivity contribution in [1.82, 2.24) is 15.3 Å². The molecule has 1 unspecified atom stereocenters. The fourth-order valence-electron chi connectivity index (χ4n) is 1.67. The molecule has 5 N–H and O–H groups in total. The Bertz CT molecular complexity index is 680. The first-order chi connectivity index (χ1) is 11.2. The van der Waals surface area contributed by atoms with Crippen LogP contribution in [-0.2, 0) is 9.53 Å². The van der Waals surface area contributed by atoms with Gasteiger partial charge in [-0.05, 0) is 28.4 Å². The fraction of sp³-hybridized carbons (Fsp3) is 0.417. The molecule has 12 heteroatoms. The van der Waals surface area contributed by atoms with E-state index >= 15 is 0 Å². The number of allylic oxidation sites excluding steroid dienone is 1. The van der Waals surface area contributed by atoms with E-state index in [1.807, 2.05) is 0 Å². The third kappa shape index (κ3) is 4.50. The number of ether oxygens (including phenoxy) is 1. The molecule has 1 heterocycles. The van der Waals surface area contributed by atoms with E-state index < -0.39 is 40.4 Å². The molecule has 0 saturated heterocycles. The SMILES string of the molecule is COC(=O)C(=C(C)NCC(O)CO)c1nc(N)c([N+](=O)[O-])nc1Cl. The van der Waals surface area contributed by atoms with Crippen molar-refractivity contribution in [2.24, 2.45) is 0 Å². The molecule has 0 radical (unpaired) electrons. The van der Waals surface area contributed by atoms with Crippen molar-refractivity contribution in [3.05, 3.63) is 26.7 Å². The molecule has 0 saturated carbocycles. The summed E-state index contributed by atoms with van der Waals surface area (Å²) in [6.07, 6.45) is -1.07. The minimum Gasteiger partial charge on any atom is -0.465 e. The number of anilines is 1. The molecule has 0 fully saturated rings.